The second kappa shape index (κ2) is 9.54. The Labute approximate surface area is 182 Å². The lowest BCUT2D eigenvalue weighted by molar-refractivity contribution is -0.192. The number of hydrogen-bond acceptors (Lipinski definition) is 7. The van der Waals surface area contributed by atoms with Gasteiger partial charge >= 0.3 is 18.2 Å². The Morgan fingerprint density at radius 3 is 2.52 bits per heavy atom. The third-order valence-electron chi connectivity index (χ3n) is 3.91. The first kappa shape index (κ1) is 22.8. The zero-order valence-electron chi connectivity index (χ0n) is 15.5. The number of alkyl halides is 3. The van der Waals surface area contributed by atoms with E-state index in [4.69, 9.17) is 42.6 Å². The molecule has 1 aliphatic heterocycles. The van der Waals surface area contributed by atoms with Gasteiger partial charge in [-0.1, -0.05) is 23.2 Å². The van der Waals surface area contributed by atoms with Crippen molar-refractivity contribution in [1.29, 1.82) is 0 Å². The first-order valence-corrected chi connectivity index (χ1v) is 9.38. The molecule has 1 aliphatic rings. The lowest BCUT2D eigenvalue weighted by atomic mass is 10.3. The maximum Gasteiger partial charge on any atom is 0.490 e. The second-order valence-electron chi connectivity index (χ2n) is 6.00. The molecule has 0 unspecified atom stereocenters. The fourth-order valence-corrected chi connectivity index (χ4v) is 2.96. The highest BCUT2D eigenvalue weighted by Crippen LogP contribution is 2.37. The van der Waals surface area contributed by atoms with Gasteiger partial charge in [-0.15, -0.1) is 0 Å². The van der Waals surface area contributed by atoms with Gasteiger partial charge in [-0.2, -0.15) is 23.1 Å². The van der Waals surface area contributed by atoms with Crippen LogP contribution in [-0.2, 0) is 9.53 Å². The van der Waals surface area contributed by atoms with Gasteiger partial charge in [-0.3, -0.25) is 4.98 Å². The third kappa shape index (κ3) is 5.66. The van der Waals surface area contributed by atoms with E-state index in [9.17, 15) is 13.2 Å². The molecular weight excluding hydrogens is 466 g/mol. The molecule has 166 valence electrons. The Balaban J connectivity index is 0.000000339. The molecule has 4 heterocycles. The fraction of sp³-hybridized carbons (Fsp3) is 0.294. The number of H-pyrrole nitrogens is 1. The minimum atomic E-state index is -5.08. The fourth-order valence-electron chi connectivity index (χ4n) is 2.55. The SMILES string of the molecule is Clc1[nH]c2nc(Oc3cccnc3)nc(N3CCOCC3)c2c1Cl.O=C(O)C(F)(F)F. The average molecular weight is 480 g/mol. The van der Waals surface area contributed by atoms with Crippen molar-refractivity contribution in [3.8, 4) is 11.8 Å². The topological polar surface area (TPSA) is 113 Å². The smallest absolute Gasteiger partial charge is 0.475 e. The number of nitrogens with one attached hydrogen (secondary N) is 1. The zero-order chi connectivity index (χ0) is 22.6. The van der Waals surface area contributed by atoms with E-state index >= 15 is 0 Å². The number of fused-ring (bicyclic) bond motifs is 1. The van der Waals surface area contributed by atoms with Crippen LogP contribution in [0.1, 0.15) is 0 Å². The summed E-state index contributed by atoms with van der Waals surface area (Å²) in [7, 11) is 0. The molecule has 0 aromatic carbocycles. The van der Waals surface area contributed by atoms with E-state index in [1.165, 1.54) is 0 Å². The van der Waals surface area contributed by atoms with E-state index in [0.29, 0.717) is 59.1 Å². The molecule has 1 saturated heterocycles. The predicted octanol–water partition coefficient (Wildman–Crippen LogP) is 3.92. The summed E-state index contributed by atoms with van der Waals surface area (Å²) in [5.74, 6) is -1.53. The molecular formula is C17H14Cl2F3N5O4. The van der Waals surface area contributed by atoms with Crippen molar-refractivity contribution >= 4 is 46.0 Å². The van der Waals surface area contributed by atoms with Crippen molar-refractivity contribution in [2.75, 3.05) is 31.2 Å². The monoisotopic (exact) mass is 479 g/mol. The zero-order valence-corrected chi connectivity index (χ0v) is 17.0. The van der Waals surface area contributed by atoms with Gasteiger partial charge in [0.25, 0.3) is 0 Å². The number of carboxylic acid groups (broad SMARTS) is 1. The van der Waals surface area contributed by atoms with Crippen LogP contribution in [-0.4, -0.2) is 63.5 Å². The molecule has 2 N–H and O–H groups in total. The van der Waals surface area contributed by atoms with Crippen LogP contribution in [0.2, 0.25) is 10.2 Å². The largest absolute Gasteiger partial charge is 0.490 e. The number of aliphatic carboxylic acids is 1. The Hall–Kier alpha value is -2.83. The summed E-state index contributed by atoms with van der Waals surface area (Å²) in [6.45, 7) is 2.66. The number of aromatic amines is 1. The van der Waals surface area contributed by atoms with Gasteiger partial charge in [0.15, 0.2) is 0 Å². The maximum atomic E-state index is 10.6. The summed E-state index contributed by atoms with van der Waals surface area (Å²) in [6.07, 6.45) is -1.82. The minimum absolute atomic E-state index is 0.201. The first-order chi connectivity index (χ1) is 14.7. The molecule has 14 heteroatoms. The summed E-state index contributed by atoms with van der Waals surface area (Å²) in [5.41, 5.74) is 0.528. The Bertz CT molecular complexity index is 1060. The van der Waals surface area contributed by atoms with Crippen molar-refractivity contribution in [2.45, 2.75) is 6.18 Å². The first-order valence-electron chi connectivity index (χ1n) is 8.62. The van der Waals surface area contributed by atoms with Crippen LogP contribution < -0.4 is 9.64 Å². The van der Waals surface area contributed by atoms with Crippen LogP contribution in [0.4, 0.5) is 19.0 Å². The molecule has 1 fully saturated rings. The standard InChI is InChI=1S/C15H13Cl2N5O2.C2HF3O2/c16-11-10-13(19-12(11)17)20-15(24-9-2-1-3-18-8-9)21-14(10)22-4-6-23-7-5-22;3-2(4,5)1(6)7/h1-3,8H,4-7H2,(H,19,20,21);(H,6,7). The van der Waals surface area contributed by atoms with Crippen molar-refractivity contribution in [1.82, 2.24) is 19.9 Å². The Morgan fingerprint density at radius 1 is 1.26 bits per heavy atom. The van der Waals surface area contributed by atoms with Gasteiger partial charge in [0.1, 0.15) is 22.4 Å². The summed E-state index contributed by atoms with van der Waals surface area (Å²) in [6, 6.07) is 3.76. The highest BCUT2D eigenvalue weighted by molar-refractivity contribution is 6.45. The van der Waals surface area contributed by atoms with Crippen LogP contribution in [0.15, 0.2) is 24.5 Å². The molecule has 0 spiro atoms. The molecule has 3 aromatic rings. The van der Waals surface area contributed by atoms with E-state index < -0.39 is 12.1 Å². The molecule has 9 nitrogen and oxygen atoms in total. The van der Waals surface area contributed by atoms with Crippen LogP contribution >= 0.6 is 23.2 Å². The highest BCUT2D eigenvalue weighted by Gasteiger charge is 2.38. The molecule has 0 bridgehead atoms. The maximum absolute atomic E-state index is 10.6. The number of hydrogen-bond donors (Lipinski definition) is 2. The highest BCUT2D eigenvalue weighted by atomic mass is 35.5. The Morgan fingerprint density at radius 2 is 1.94 bits per heavy atom. The molecule has 0 radical (unpaired) electrons. The van der Waals surface area contributed by atoms with E-state index in [0.717, 1.165) is 0 Å². The number of carbonyl (C=O) groups is 1. The molecule has 0 saturated carbocycles. The van der Waals surface area contributed by atoms with Crippen LogP contribution in [0.25, 0.3) is 11.0 Å². The molecule has 4 rings (SSSR count). The molecule has 0 atom stereocenters. The van der Waals surface area contributed by atoms with Crippen LogP contribution in [0.3, 0.4) is 0 Å². The lowest BCUT2D eigenvalue weighted by Gasteiger charge is -2.28. The predicted molar refractivity (Wildman–Crippen MR) is 105 cm³/mol. The molecule has 3 aromatic heterocycles. The minimum Gasteiger partial charge on any atom is -0.475 e. The van der Waals surface area contributed by atoms with Crippen molar-refractivity contribution < 1.29 is 32.5 Å². The lowest BCUT2D eigenvalue weighted by Crippen LogP contribution is -2.37. The van der Waals surface area contributed by atoms with Crippen LogP contribution in [0, 0.1) is 0 Å². The number of morpholine rings is 1. The number of aromatic nitrogens is 4. The van der Waals surface area contributed by atoms with Crippen molar-refractivity contribution in [3.63, 3.8) is 0 Å². The molecule has 31 heavy (non-hydrogen) atoms. The number of nitrogens with zero attached hydrogens (tertiary/aromatic N) is 4. The van der Waals surface area contributed by atoms with Gasteiger partial charge < -0.3 is 24.5 Å². The van der Waals surface area contributed by atoms with Gasteiger partial charge in [-0.05, 0) is 12.1 Å². The number of carboxylic acids is 1. The number of ether oxygens (including phenoxy) is 2. The number of halogens is 5. The van der Waals surface area contributed by atoms with E-state index in [-0.39, 0.29) is 6.01 Å². The van der Waals surface area contributed by atoms with Crippen LogP contribution in [0.5, 0.6) is 11.8 Å². The van der Waals surface area contributed by atoms with Gasteiger partial charge in [-0.25, -0.2) is 4.79 Å². The summed E-state index contributed by atoms with van der Waals surface area (Å²) >= 11 is 12.5. The number of rotatable bonds is 3. The quantitative estimate of drug-likeness (QED) is 0.580. The summed E-state index contributed by atoms with van der Waals surface area (Å²) in [4.78, 5) is 26.9. The van der Waals surface area contributed by atoms with Crippen molar-refractivity contribution in [3.05, 3.63) is 34.7 Å². The molecule has 0 amide bonds. The number of pyridine rings is 1. The van der Waals surface area contributed by atoms with Gasteiger partial charge in [0.2, 0.25) is 0 Å². The number of anilines is 1. The Kier molecular flexibility index (Phi) is 7.03. The van der Waals surface area contributed by atoms with Gasteiger partial charge in [0.05, 0.1) is 29.8 Å². The average Bonchev–Trinajstić information content (AvgIpc) is 3.02. The normalized spacial score (nSPS) is 14.2. The van der Waals surface area contributed by atoms with E-state index in [1.807, 2.05) is 0 Å². The van der Waals surface area contributed by atoms with E-state index in [1.54, 1.807) is 24.5 Å². The summed E-state index contributed by atoms with van der Waals surface area (Å²) < 4.78 is 42.9. The second-order valence-corrected chi connectivity index (χ2v) is 6.76. The van der Waals surface area contributed by atoms with Gasteiger partial charge in [0, 0.05) is 19.3 Å². The van der Waals surface area contributed by atoms with Crippen molar-refractivity contribution in [2.24, 2.45) is 0 Å². The van der Waals surface area contributed by atoms with E-state index in [2.05, 4.69) is 24.8 Å². The summed E-state index contributed by atoms with van der Waals surface area (Å²) in [5, 5.41) is 8.54. The molecule has 0 aliphatic carbocycles. The third-order valence-corrected chi connectivity index (χ3v) is 4.66.